The third-order valence-corrected chi connectivity index (χ3v) is 9.80. The third-order valence-electron chi connectivity index (χ3n) is 8.15. The minimum absolute atomic E-state index is 0.0165. The number of pyridine rings is 1. The Bertz CT molecular complexity index is 1890. The summed E-state index contributed by atoms with van der Waals surface area (Å²) in [5, 5.41) is 24.7. The summed E-state index contributed by atoms with van der Waals surface area (Å²) < 4.78 is 74.0. The van der Waals surface area contributed by atoms with Gasteiger partial charge in [0.2, 0.25) is 0 Å². The minimum Gasteiger partial charge on any atom is -0.598 e. The predicted molar refractivity (Wildman–Crippen MR) is 179 cm³/mol. The van der Waals surface area contributed by atoms with Crippen LogP contribution in [0.15, 0.2) is 73.1 Å². The highest BCUT2D eigenvalue weighted by Gasteiger charge is 2.44. The normalized spacial score (nSPS) is 15.2. The van der Waals surface area contributed by atoms with Gasteiger partial charge in [-0.15, -0.1) is 4.72 Å². The molecule has 2 aromatic carbocycles. The molecule has 0 saturated heterocycles. The van der Waals surface area contributed by atoms with Gasteiger partial charge in [0, 0.05) is 35.4 Å². The molecule has 0 unspecified atom stereocenters. The lowest BCUT2D eigenvalue weighted by Crippen LogP contribution is -2.52. The predicted octanol–water partition coefficient (Wildman–Crippen LogP) is 6.76. The van der Waals surface area contributed by atoms with E-state index in [0.717, 1.165) is 25.3 Å². The molecule has 1 aliphatic rings. The van der Waals surface area contributed by atoms with Crippen LogP contribution in [0, 0.1) is 17.1 Å². The van der Waals surface area contributed by atoms with Gasteiger partial charge in [-0.1, -0.05) is 37.1 Å². The van der Waals surface area contributed by atoms with E-state index in [2.05, 4.69) is 20.1 Å². The number of carbonyl (C=O) groups is 2. The lowest BCUT2D eigenvalue weighted by molar-refractivity contribution is -0.141. The molecule has 5 rings (SSSR count). The number of hydrogen-bond acceptors (Lipinski definition) is 7. The number of halogens is 4. The number of amidine groups is 1. The first-order valence-electron chi connectivity index (χ1n) is 15.6. The van der Waals surface area contributed by atoms with Crippen molar-refractivity contribution in [1.82, 2.24) is 24.8 Å². The van der Waals surface area contributed by atoms with Gasteiger partial charge in [-0.2, -0.15) is 18.3 Å². The molecule has 5 N–H and O–H groups in total. The van der Waals surface area contributed by atoms with E-state index in [0.29, 0.717) is 34.2 Å². The number of carbonyl (C=O) groups excluding carboxylic acids is 1. The Labute approximate surface area is 288 Å². The van der Waals surface area contributed by atoms with Crippen LogP contribution in [-0.2, 0) is 23.1 Å². The first-order chi connectivity index (χ1) is 23.5. The smallest absolute Gasteiger partial charge is 0.435 e. The summed E-state index contributed by atoms with van der Waals surface area (Å²) >= 11 is -1.62. The summed E-state index contributed by atoms with van der Waals surface area (Å²) in [6.07, 6.45) is 0.0228. The second-order valence-corrected chi connectivity index (χ2v) is 14.9. The molecule has 0 bridgehead atoms. The number of benzene rings is 2. The first-order valence-corrected chi connectivity index (χ1v) is 16.7. The quantitative estimate of drug-likeness (QED) is 0.0496. The second kappa shape index (κ2) is 14.2. The van der Waals surface area contributed by atoms with E-state index in [1.807, 2.05) is 11.4 Å². The monoisotopic (exact) mass is 713 g/mol. The molecular formula is C34H35F4N7O4S. The van der Waals surface area contributed by atoms with Gasteiger partial charge >= 0.3 is 12.3 Å². The number of rotatable bonds is 11. The summed E-state index contributed by atoms with van der Waals surface area (Å²) in [6, 6.07) is 13.2. The van der Waals surface area contributed by atoms with E-state index in [1.165, 1.54) is 36.4 Å². The standard InChI is InChI=1S/C34H35F4N7O4S/c1-32(2,3)50(49)44-33(14-13-20-9-10-20,23-7-5-15-40-19-23)22-11-12-25(35)26(17-22)41-30(46)27-18-28(34(36,37)38)43-45(27)24-8-4-6-21(16-24)29(39)42-31(47)48/h4-8,11-12,15-20,44H,9-10,13-14H2,1-3H3,(H2,39,42)(H,41,46)(H,47,48)/t33-,50-/m1/s1. The van der Waals surface area contributed by atoms with Crippen LogP contribution < -0.4 is 15.4 Å². The van der Waals surface area contributed by atoms with Gasteiger partial charge in [0.15, 0.2) is 5.69 Å². The first kappa shape index (κ1) is 36.5. The number of hydrogen-bond donors (Lipinski definition) is 5. The number of aromatic nitrogens is 3. The highest BCUT2D eigenvalue weighted by molar-refractivity contribution is 7.90. The van der Waals surface area contributed by atoms with Gasteiger partial charge in [0.1, 0.15) is 27.6 Å². The van der Waals surface area contributed by atoms with Gasteiger partial charge in [-0.25, -0.2) is 13.9 Å². The Morgan fingerprint density at radius 3 is 2.42 bits per heavy atom. The Balaban J connectivity index is 1.57. The third kappa shape index (κ3) is 8.31. The minimum atomic E-state index is -4.96. The van der Waals surface area contributed by atoms with Crippen LogP contribution in [0.1, 0.15) is 79.3 Å². The van der Waals surface area contributed by atoms with Crippen molar-refractivity contribution in [3.05, 3.63) is 107 Å². The topological polar surface area (TPSA) is 168 Å². The SMILES string of the molecule is CC(C)(C)[S@@+]([O-])N[C@@](CCC1CC1)(c1cccnc1)c1ccc(F)c(NC(=O)c2cc(C(F)(F)F)nn2-c2cccc(C(=N)NC(=O)O)c2)c1. The average molecular weight is 714 g/mol. The van der Waals surface area contributed by atoms with Gasteiger partial charge in [-0.3, -0.25) is 20.5 Å². The molecule has 50 heavy (non-hydrogen) atoms. The average Bonchev–Trinajstić information content (AvgIpc) is 3.77. The van der Waals surface area contributed by atoms with Crippen molar-refractivity contribution in [3.63, 3.8) is 0 Å². The van der Waals surface area contributed by atoms with E-state index >= 15 is 4.39 Å². The molecule has 0 radical (unpaired) electrons. The number of carboxylic acid groups (broad SMARTS) is 1. The maximum atomic E-state index is 15.5. The molecule has 0 aliphatic heterocycles. The molecule has 1 aliphatic carbocycles. The Morgan fingerprint density at radius 2 is 1.80 bits per heavy atom. The summed E-state index contributed by atoms with van der Waals surface area (Å²) in [6.45, 7) is 5.42. The van der Waals surface area contributed by atoms with Gasteiger partial charge in [0.25, 0.3) is 5.91 Å². The molecule has 2 atom stereocenters. The fourth-order valence-electron chi connectivity index (χ4n) is 5.30. The van der Waals surface area contributed by atoms with Crippen molar-refractivity contribution in [1.29, 1.82) is 5.41 Å². The lowest BCUT2D eigenvalue weighted by atomic mass is 9.80. The van der Waals surface area contributed by atoms with E-state index < -0.39 is 62.9 Å². The van der Waals surface area contributed by atoms with Gasteiger partial charge in [0.05, 0.1) is 11.4 Å². The maximum absolute atomic E-state index is 15.5. The zero-order valence-corrected chi connectivity index (χ0v) is 28.1. The number of nitrogens with zero attached hydrogens (tertiary/aromatic N) is 3. The number of nitrogens with one attached hydrogen (secondary N) is 4. The number of amides is 2. The van der Waals surface area contributed by atoms with Crippen LogP contribution in [0.2, 0.25) is 0 Å². The van der Waals surface area contributed by atoms with Crippen LogP contribution in [0.25, 0.3) is 5.69 Å². The molecule has 2 aromatic heterocycles. The van der Waals surface area contributed by atoms with Gasteiger partial charge in [-0.05, 0) is 81.0 Å². The highest BCUT2D eigenvalue weighted by atomic mass is 32.2. The van der Waals surface area contributed by atoms with Crippen molar-refractivity contribution in [2.45, 2.75) is 62.9 Å². The Hall–Kier alpha value is -4.80. The molecule has 0 spiro atoms. The molecule has 2 amide bonds. The van der Waals surface area contributed by atoms with Crippen molar-refractivity contribution >= 4 is 34.9 Å². The van der Waals surface area contributed by atoms with Crippen molar-refractivity contribution < 1.29 is 36.8 Å². The Morgan fingerprint density at radius 1 is 1.06 bits per heavy atom. The summed E-state index contributed by atoms with van der Waals surface area (Å²) in [5.41, 5.74) is -2.54. The van der Waals surface area contributed by atoms with E-state index in [9.17, 15) is 27.3 Å². The van der Waals surface area contributed by atoms with Crippen molar-refractivity contribution in [2.75, 3.05) is 5.32 Å². The summed E-state index contributed by atoms with van der Waals surface area (Å²) in [4.78, 5) is 29.0. The van der Waals surface area contributed by atoms with Crippen LogP contribution in [0.5, 0.6) is 0 Å². The fourth-order valence-corrected chi connectivity index (χ4v) is 6.26. The van der Waals surface area contributed by atoms with Crippen molar-refractivity contribution in [3.8, 4) is 5.69 Å². The molecule has 1 saturated carbocycles. The number of alkyl halides is 3. The van der Waals surface area contributed by atoms with E-state index in [4.69, 9.17) is 10.5 Å². The zero-order valence-electron chi connectivity index (χ0n) is 27.3. The summed E-state index contributed by atoms with van der Waals surface area (Å²) in [7, 11) is 0. The largest absolute Gasteiger partial charge is 0.598 e. The highest BCUT2D eigenvalue weighted by Crippen LogP contribution is 2.43. The van der Waals surface area contributed by atoms with E-state index in [1.54, 1.807) is 39.2 Å². The van der Waals surface area contributed by atoms with Crippen molar-refractivity contribution in [2.24, 2.45) is 5.92 Å². The fraction of sp³-hybridized carbons (Fsp3) is 0.324. The molecule has 1 fully saturated rings. The number of anilines is 1. The second-order valence-electron chi connectivity index (χ2n) is 12.9. The van der Waals surface area contributed by atoms with E-state index in [-0.39, 0.29) is 16.9 Å². The molecule has 264 valence electrons. The molecule has 4 aromatic rings. The van der Waals surface area contributed by atoms with Crippen LogP contribution >= 0.6 is 0 Å². The molecule has 2 heterocycles. The molecular weight excluding hydrogens is 678 g/mol. The van der Waals surface area contributed by atoms with Gasteiger partial charge < -0.3 is 15.0 Å². The summed E-state index contributed by atoms with van der Waals surface area (Å²) in [5.74, 6) is -2.11. The van der Waals surface area contributed by atoms with Crippen LogP contribution in [0.3, 0.4) is 0 Å². The maximum Gasteiger partial charge on any atom is 0.435 e. The van der Waals surface area contributed by atoms with Crippen LogP contribution in [0.4, 0.5) is 28.0 Å². The van der Waals surface area contributed by atoms with Crippen LogP contribution in [-0.4, -0.2) is 47.0 Å². The lowest BCUT2D eigenvalue weighted by Gasteiger charge is -2.38. The zero-order chi connectivity index (χ0) is 36.4. The Kier molecular flexibility index (Phi) is 10.4. The molecule has 11 nitrogen and oxygen atoms in total. The molecule has 16 heteroatoms.